The SMILES string of the molecule is Cc1cc(-c2cn3nc(C(=O)O)cc3c(=O)[nH]2)ccc1C1CC1. The second-order valence-electron chi connectivity index (χ2n) is 6.01. The molecule has 6 nitrogen and oxygen atoms in total. The summed E-state index contributed by atoms with van der Waals surface area (Å²) in [4.78, 5) is 26.0. The van der Waals surface area contributed by atoms with Crippen molar-refractivity contribution in [2.45, 2.75) is 25.7 Å². The molecule has 1 aliphatic carbocycles. The van der Waals surface area contributed by atoms with Crippen molar-refractivity contribution >= 4 is 11.5 Å². The van der Waals surface area contributed by atoms with Crippen LogP contribution in [-0.4, -0.2) is 25.7 Å². The van der Waals surface area contributed by atoms with Crippen LogP contribution in [0.15, 0.2) is 35.3 Å². The van der Waals surface area contributed by atoms with Gasteiger partial charge in [0.1, 0.15) is 5.52 Å². The van der Waals surface area contributed by atoms with E-state index in [2.05, 4.69) is 23.1 Å². The van der Waals surface area contributed by atoms with Crippen molar-refractivity contribution in [3.05, 3.63) is 57.6 Å². The molecule has 23 heavy (non-hydrogen) atoms. The van der Waals surface area contributed by atoms with Crippen molar-refractivity contribution < 1.29 is 9.90 Å². The summed E-state index contributed by atoms with van der Waals surface area (Å²) in [5, 5.41) is 12.9. The second-order valence-corrected chi connectivity index (χ2v) is 6.01. The van der Waals surface area contributed by atoms with Gasteiger partial charge in [0.05, 0.1) is 11.9 Å². The molecule has 0 bridgehead atoms. The summed E-state index contributed by atoms with van der Waals surface area (Å²) in [5.74, 6) is -0.478. The monoisotopic (exact) mass is 309 g/mol. The molecule has 0 radical (unpaired) electrons. The lowest BCUT2D eigenvalue weighted by Gasteiger charge is -2.08. The molecule has 1 aliphatic rings. The Kier molecular flexibility index (Phi) is 2.87. The first-order valence-corrected chi connectivity index (χ1v) is 7.50. The lowest BCUT2D eigenvalue weighted by molar-refractivity contribution is 0.0690. The topological polar surface area (TPSA) is 87.5 Å². The van der Waals surface area contributed by atoms with Crippen molar-refractivity contribution in [2.24, 2.45) is 0 Å². The number of nitrogens with one attached hydrogen (secondary N) is 1. The molecule has 0 spiro atoms. The van der Waals surface area contributed by atoms with Gasteiger partial charge in [-0.3, -0.25) is 4.79 Å². The molecule has 6 heteroatoms. The Morgan fingerprint density at radius 2 is 2.13 bits per heavy atom. The number of hydrogen-bond donors (Lipinski definition) is 2. The molecule has 1 fully saturated rings. The number of aromatic carboxylic acids is 1. The number of benzene rings is 1. The largest absolute Gasteiger partial charge is 0.476 e. The lowest BCUT2D eigenvalue weighted by Crippen LogP contribution is -2.10. The fourth-order valence-corrected chi connectivity index (χ4v) is 2.95. The highest BCUT2D eigenvalue weighted by atomic mass is 16.4. The zero-order chi connectivity index (χ0) is 16.1. The summed E-state index contributed by atoms with van der Waals surface area (Å²) in [7, 11) is 0. The predicted molar refractivity (Wildman–Crippen MR) is 84.9 cm³/mol. The van der Waals surface area contributed by atoms with Crippen molar-refractivity contribution in [2.75, 3.05) is 0 Å². The summed E-state index contributed by atoms with van der Waals surface area (Å²) < 4.78 is 1.32. The number of aryl methyl sites for hydroxylation is 1. The fraction of sp³-hybridized carbons (Fsp3) is 0.235. The van der Waals surface area contributed by atoms with Crippen molar-refractivity contribution in [1.29, 1.82) is 0 Å². The Labute approximate surface area is 131 Å². The number of nitrogens with zero attached hydrogens (tertiary/aromatic N) is 2. The number of fused-ring (bicyclic) bond motifs is 1. The highest BCUT2D eigenvalue weighted by Gasteiger charge is 2.25. The van der Waals surface area contributed by atoms with E-state index in [4.69, 9.17) is 5.11 Å². The number of carbonyl (C=O) groups is 1. The molecule has 1 saturated carbocycles. The minimum Gasteiger partial charge on any atom is -0.476 e. The maximum absolute atomic E-state index is 12.2. The molecule has 2 aromatic heterocycles. The number of aromatic amines is 1. The highest BCUT2D eigenvalue weighted by molar-refractivity contribution is 5.87. The van der Waals surface area contributed by atoms with E-state index in [0.29, 0.717) is 11.6 Å². The van der Waals surface area contributed by atoms with E-state index >= 15 is 0 Å². The molecule has 0 atom stereocenters. The lowest BCUT2D eigenvalue weighted by atomic mass is 10.0. The third-order valence-electron chi connectivity index (χ3n) is 4.29. The van der Waals surface area contributed by atoms with Crippen LogP contribution in [0, 0.1) is 6.92 Å². The number of aromatic nitrogens is 3. The van der Waals surface area contributed by atoms with E-state index in [0.717, 1.165) is 5.56 Å². The molecule has 3 aromatic rings. The minimum absolute atomic E-state index is 0.145. The summed E-state index contributed by atoms with van der Waals surface area (Å²) in [6.45, 7) is 2.07. The normalized spacial score (nSPS) is 14.3. The number of rotatable bonds is 3. The molecular weight excluding hydrogens is 294 g/mol. The predicted octanol–water partition coefficient (Wildman–Crippen LogP) is 2.57. The maximum atomic E-state index is 12.2. The van der Waals surface area contributed by atoms with Crippen molar-refractivity contribution in [1.82, 2.24) is 14.6 Å². The van der Waals surface area contributed by atoms with Crippen LogP contribution in [0.1, 0.15) is 40.4 Å². The quantitative estimate of drug-likeness (QED) is 0.778. The van der Waals surface area contributed by atoms with Gasteiger partial charge in [-0.15, -0.1) is 0 Å². The molecule has 2 heterocycles. The fourth-order valence-electron chi connectivity index (χ4n) is 2.95. The average Bonchev–Trinajstić information content (AvgIpc) is 3.24. The molecular formula is C17H15N3O3. The van der Waals surface area contributed by atoms with Gasteiger partial charge in [-0.25, -0.2) is 9.31 Å². The number of carboxylic acids is 1. The van der Waals surface area contributed by atoms with Crippen LogP contribution in [0.3, 0.4) is 0 Å². The van der Waals surface area contributed by atoms with Crippen LogP contribution in [-0.2, 0) is 0 Å². The van der Waals surface area contributed by atoms with Gasteiger partial charge in [-0.2, -0.15) is 5.10 Å². The summed E-state index contributed by atoms with van der Waals surface area (Å²) >= 11 is 0. The maximum Gasteiger partial charge on any atom is 0.356 e. The Balaban J connectivity index is 1.83. The molecule has 0 aliphatic heterocycles. The van der Waals surface area contributed by atoms with Gasteiger partial charge in [-0.1, -0.05) is 12.1 Å². The first-order valence-electron chi connectivity index (χ1n) is 7.50. The smallest absolute Gasteiger partial charge is 0.356 e. The molecule has 116 valence electrons. The minimum atomic E-state index is -1.15. The van der Waals surface area contributed by atoms with E-state index < -0.39 is 5.97 Å². The van der Waals surface area contributed by atoms with Crippen LogP contribution in [0.5, 0.6) is 0 Å². The Morgan fingerprint density at radius 1 is 1.35 bits per heavy atom. The third-order valence-corrected chi connectivity index (χ3v) is 4.29. The van der Waals surface area contributed by atoms with Gasteiger partial charge in [0.15, 0.2) is 5.69 Å². The Morgan fingerprint density at radius 3 is 2.78 bits per heavy atom. The van der Waals surface area contributed by atoms with Gasteiger partial charge in [0, 0.05) is 6.07 Å². The summed E-state index contributed by atoms with van der Waals surface area (Å²) in [6.07, 6.45) is 4.14. The highest BCUT2D eigenvalue weighted by Crippen LogP contribution is 2.42. The van der Waals surface area contributed by atoms with Crippen molar-refractivity contribution in [3.8, 4) is 11.3 Å². The van der Waals surface area contributed by atoms with Gasteiger partial charge >= 0.3 is 5.97 Å². The van der Waals surface area contributed by atoms with Gasteiger partial charge in [0.2, 0.25) is 0 Å². The second kappa shape index (κ2) is 4.81. The van der Waals surface area contributed by atoms with E-state index in [9.17, 15) is 9.59 Å². The first kappa shape index (κ1) is 13.8. The zero-order valence-corrected chi connectivity index (χ0v) is 12.5. The first-order chi connectivity index (χ1) is 11.0. The molecule has 4 rings (SSSR count). The van der Waals surface area contributed by atoms with Crippen LogP contribution in [0.2, 0.25) is 0 Å². The number of H-pyrrole nitrogens is 1. The van der Waals surface area contributed by atoms with E-state index in [1.165, 1.54) is 34.6 Å². The molecule has 0 saturated heterocycles. The van der Waals surface area contributed by atoms with Crippen LogP contribution >= 0.6 is 0 Å². The van der Waals surface area contributed by atoms with Gasteiger partial charge < -0.3 is 10.1 Å². The average molecular weight is 309 g/mol. The molecule has 0 amide bonds. The number of hydrogen-bond acceptors (Lipinski definition) is 3. The Hall–Kier alpha value is -2.89. The van der Waals surface area contributed by atoms with Crippen LogP contribution in [0.4, 0.5) is 0 Å². The third kappa shape index (κ3) is 2.32. The van der Waals surface area contributed by atoms with E-state index in [-0.39, 0.29) is 16.8 Å². The van der Waals surface area contributed by atoms with E-state index in [1.807, 2.05) is 12.1 Å². The zero-order valence-electron chi connectivity index (χ0n) is 12.5. The van der Waals surface area contributed by atoms with Gasteiger partial charge in [-0.05, 0) is 48.4 Å². The number of carboxylic acid groups (broad SMARTS) is 1. The van der Waals surface area contributed by atoms with Crippen molar-refractivity contribution in [3.63, 3.8) is 0 Å². The Bertz CT molecular complexity index is 996. The van der Waals surface area contributed by atoms with Gasteiger partial charge in [0.25, 0.3) is 5.56 Å². The van der Waals surface area contributed by atoms with Crippen LogP contribution in [0.25, 0.3) is 16.8 Å². The molecule has 0 unspecified atom stereocenters. The summed E-state index contributed by atoms with van der Waals surface area (Å²) in [5.41, 5.74) is 3.80. The molecule has 1 aromatic carbocycles. The van der Waals surface area contributed by atoms with E-state index in [1.54, 1.807) is 6.20 Å². The summed E-state index contributed by atoms with van der Waals surface area (Å²) in [6, 6.07) is 7.41. The van der Waals surface area contributed by atoms with Crippen LogP contribution < -0.4 is 5.56 Å². The standard InChI is InChI=1S/C17H15N3O3/c1-9-6-11(4-5-12(9)10-2-3-10)14-8-20-15(16(21)18-14)7-13(19-20)17(22)23/h4-8,10H,2-3H2,1H3,(H,18,21)(H,22,23). The molecule has 2 N–H and O–H groups in total.